The number of aromatic nitrogens is 1. The Bertz CT molecular complexity index is 160. The van der Waals surface area contributed by atoms with Gasteiger partial charge in [-0.05, 0) is 26.0 Å². The van der Waals surface area contributed by atoms with Gasteiger partial charge in [0.15, 0.2) is 0 Å². The molecule has 66 valence electrons. The van der Waals surface area contributed by atoms with Gasteiger partial charge in [-0.15, -0.1) is 0 Å². The highest BCUT2D eigenvalue weighted by molar-refractivity contribution is 5.37. The molecule has 0 bridgehead atoms. The van der Waals surface area contributed by atoms with Crippen LogP contribution in [0, 0.1) is 0 Å². The average molecular weight is 167 g/mol. The number of hydrogen-bond donors (Lipinski definition) is 0. The van der Waals surface area contributed by atoms with Crippen LogP contribution in [0.3, 0.4) is 0 Å². The fourth-order valence-electron chi connectivity index (χ4n) is 0.424. The topological polar surface area (TPSA) is 39.2 Å². The van der Waals surface area contributed by atoms with Crippen molar-refractivity contribution in [3.05, 3.63) is 30.6 Å². The molecule has 0 spiro atoms. The smallest absolute Gasteiger partial charge is 0.293 e. The summed E-state index contributed by atoms with van der Waals surface area (Å²) in [5.41, 5.74) is 0. The summed E-state index contributed by atoms with van der Waals surface area (Å²) in [7, 11) is 0. The third kappa shape index (κ3) is 8.62. The number of rotatable bonds is 2. The van der Waals surface area contributed by atoms with Gasteiger partial charge < -0.3 is 4.74 Å². The van der Waals surface area contributed by atoms with Gasteiger partial charge in [-0.2, -0.15) is 0 Å². The monoisotopic (exact) mass is 167 g/mol. The van der Waals surface area contributed by atoms with E-state index in [-0.39, 0.29) is 6.10 Å². The first-order chi connectivity index (χ1) is 5.77. The molecule has 0 aliphatic carbocycles. The fraction of sp³-hybridized carbons (Fsp3) is 0.333. The summed E-state index contributed by atoms with van der Waals surface area (Å²) in [4.78, 5) is 13.2. The Morgan fingerprint density at radius 3 is 1.92 bits per heavy atom. The van der Waals surface area contributed by atoms with E-state index in [2.05, 4.69) is 9.72 Å². The van der Waals surface area contributed by atoms with Gasteiger partial charge in [0, 0.05) is 12.4 Å². The van der Waals surface area contributed by atoms with Gasteiger partial charge in [0.1, 0.15) is 0 Å². The molecule has 1 aromatic heterocycles. The Hall–Kier alpha value is -1.38. The van der Waals surface area contributed by atoms with Crippen LogP contribution >= 0.6 is 0 Å². The van der Waals surface area contributed by atoms with Gasteiger partial charge in [0.2, 0.25) is 0 Å². The number of nitrogens with zero attached hydrogens (tertiary/aromatic N) is 1. The lowest BCUT2D eigenvalue weighted by molar-refractivity contribution is -0.131. The van der Waals surface area contributed by atoms with Crippen molar-refractivity contribution in [1.29, 1.82) is 0 Å². The number of ether oxygens (including phenoxy) is 1. The molecule has 0 amide bonds. The highest BCUT2D eigenvalue weighted by atomic mass is 16.5. The van der Waals surface area contributed by atoms with E-state index in [9.17, 15) is 4.79 Å². The van der Waals surface area contributed by atoms with E-state index in [1.54, 1.807) is 26.2 Å². The van der Waals surface area contributed by atoms with E-state index in [1.165, 1.54) is 0 Å². The molecule has 0 saturated heterocycles. The van der Waals surface area contributed by atoms with Crippen LogP contribution in [0.15, 0.2) is 30.6 Å². The molecule has 1 heterocycles. The maximum absolute atomic E-state index is 9.39. The molecule has 0 atom stereocenters. The van der Waals surface area contributed by atoms with Crippen molar-refractivity contribution >= 4 is 6.47 Å². The maximum atomic E-state index is 9.39. The Balaban J connectivity index is 0.000000202. The maximum Gasteiger partial charge on any atom is 0.293 e. The number of hydrogen-bond acceptors (Lipinski definition) is 3. The summed E-state index contributed by atoms with van der Waals surface area (Å²) in [5.74, 6) is 0. The summed E-state index contributed by atoms with van der Waals surface area (Å²) in [5, 5.41) is 0. The van der Waals surface area contributed by atoms with E-state index >= 15 is 0 Å². The molecule has 0 saturated carbocycles. The highest BCUT2D eigenvalue weighted by Crippen LogP contribution is 1.79. The van der Waals surface area contributed by atoms with Crippen molar-refractivity contribution < 1.29 is 9.53 Å². The molecule has 0 fully saturated rings. The molecule has 0 aromatic carbocycles. The summed E-state index contributed by atoms with van der Waals surface area (Å²) < 4.78 is 4.36. The van der Waals surface area contributed by atoms with Crippen molar-refractivity contribution in [2.24, 2.45) is 0 Å². The van der Waals surface area contributed by atoms with Crippen molar-refractivity contribution in [2.75, 3.05) is 0 Å². The van der Waals surface area contributed by atoms with Crippen molar-refractivity contribution in [2.45, 2.75) is 20.0 Å². The average Bonchev–Trinajstić information content (AvgIpc) is 2.08. The highest BCUT2D eigenvalue weighted by Gasteiger charge is 1.83. The minimum absolute atomic E-state index is 0.0301. The van der Waals surface area contributed by atoms with Crippen LogP contribution in [0.2, 0.25) is 0 Å². The lowest BCUT2D eigenvalue weighted by atomic mass is 10.5. The molecule has 12 heavy (non-hydrogen) atoms. The zero-order valence-electron chi connectivity index (χ0n) is 7.31. The van der Waals surface area contributed by atoms with Crippen molar-refractivity contribution in [3.63, 3.8) is 0 Å². The Morgan fingerprint density at radius 2 is 1.83 bits per heavy atom. The molecule has 3 nitrogen and oxygen atoms in total. The predicted octanol–water partition coefficient (Wildman–Crippen LogP) is 1.65. The van der Waals surface area contributed by atoms with Gasteiger partial charge in [-0.25, -0.2) is 0 Å². The Labute approximate surface area is 72.4 Å². The van der Waals surface area contributed by atoms with Crippen molar-refractivity contribution in [1.82, 2.24) is 4.98 Å². The molecular weight excluding hydrogens is 154 g/mol. The minimum Gasteiger partial charge on any atom is -0.465 e. The van der Waals surface area contributed by atoms with E-state index in [1.807, 2.05) is 18.2 Å². The lowest BCUT2D eigenvalue weighted by Gasteiger charge is -1.96. The molecule has 1 rings (SSSR count). The molecule has 0 aliphatic rings. The van der Waals surface area contributed by atoms with Crippen molar-refractivity contribution in [3.8, 4) is 0 Å². The van der Waals surface area contributed by atoms with Gasteiger partial charge in [0.25, 0.3) is 6.47 Å². The van der Waals surface area contributed by atoms with Gasteiger partial charge in [0.05, 0.1) is 6.10 Å². The SMILES string of the molecule is CC(C)OC=O.c1ccncc1. The molecule has 0 aliphatic heterocycles. The molecule has 3 heteroatoms. The number of pyridine rings is 1. The molecule has 0 N–H and O–H groups in total. The second-order valence-corrected chi connectivity index (χ2v) is 2.31. The molecule has 0 unspecified atom stereocenters. The van der Waals surface area contributed by atoms with Gasteiger partial charge >= 0.3 is 0 Å². The molecule has 1 aromatic rings. The fourth-order valence-corrected chi connectivity index (χ4v) is 0.424. The standard InChI is InChI=1S/C5H5N.C4H8O2/c1-2-4-6-5-3-1;1-4(2)6-3-5/h1-5H;3-4H,1-2H3. The van der Waals surface area contributed by atoms with Crippen LogP contribution in [0.1, 0.15) is 13.8 Å². The van der Waals surface area contributed by atoms with E-state index in [0.29, 0.717) is 6.47 Å². The van der Waals surface area contributed by atoms with E-state index in [0.717, 1.165) is 0 Å². The summed E-state index contributed by atoms with van der Waals surface area (Å²) in [6.45, 7) is 4.05. The first-order valence-electron chi connectivity index (χ1n) is 3.71. The number of carbonyl (C=O) groups is 1. The normalized spacial score (nSPS) is 8.25. The quantitative estimate of drug-likeness (QED) is 0.629. The second-order valence-electron chi connectivity index (χ2n) is 2.31. The minimum atomic E-state index is 0.0301. The lowest BCUT2D eigenvalue weighted by Crippen LogP contribution is -1.98. The first kappa shape index (κ1) is 10.6. The molecule has 0 radical (unpaired) electrons. The van der Waals surface area contributed by atoms with Crippen LogP contribution < -0.4 is 0 Å². The largest absolute Gasteiger partial charge is 0.465 e. The zero-order valence-corrected chi connectivity index (χ0v) is 7.31. The summed E-state index contributed by atoms with van der Waals surface area (Å²) in [6.07, 6.45) is 3.53. The van der Waals surface area contributed by atoms with Crippen LogP contribution in [-0.4, -0.2) is 17.6 Å². The van der Waals surface area contributed by atoms with E-state index in [4.69, 9.17) is 0 Å². The van der Waals surface area contributed by atoms with Gasteiger partial charge in [-0.3, -0.25) is 9.78 Å². The summed E-state index contributed by atoms with van der Waals surface area (Å²) >= 11 is 0. The number of carbonyl (C=O) groups excluding carboxylic acids is 1. The summed E-state index contributed by atoms with van der Waals surface area (Å²) in [6, 6.07) is 5.72. The molecular formula is C9H13NO2. The predicted molar refractivity (Wildman–Crippen MR) is 46.5 cm³/mol. The Kier molecular flexibility index (Phi) is 6.84. The van der Waals surface area contributed by atoms with Crippen LogP contribution in [0.5, 0.6) is 0 Å². The second kappa shape index (κ2) is 7.72. The van der Waals surface area contributed by atoms with E-state index < -0.39 is 0 Å². The zero-order chi connectivity index (χ0) is 9.23. The Morgan fingerprint density at radius 1 is 1.25 bits per heavy atom. The van der Waals surface area contributed by atoms with Gasteiger partial charge in [-0.1, -0.05) is 6.07 Å². The third-order valence-electron chi connectivity index (χ3n) is 0.894. The third-order valence-corrected chi connectivity index (χ3v) is 0.894. The first-order valence-corrected chi connectivity index (χ1v) is 3.71. The van der Waals surface area contributed by atoms with Crippen LogP contribution in [-0.2, 0) is 9.53 Å². The van der Waals surface area contributed by atoms with Crippen LogP contribution in [0.25, 0.3) is 0 Å². The van der Waals surface area contributed by atoms with Crippen LogP contribution in [0.4, 0.5) is 0 Å².